The molecule has 2 heteroatoms. The lowest BCUT2D eigenvalue weighted by atomic mass is 10.3. The molecule has 0 fully saturated rings. The molecule has 0 rings (SSSR count). The number of rotatable bonds is 4. The predicted molar refractivity (Wildman–Crippen MR) is 50.7 cm³/mol. The van der Waals surface area contributed by atoms with Crippen LogP contribution in [0.5, 0.6) is 0 Å². The number of hydrogen-bond acceptors (Lipinski definition) is 2. The summed E-state index contributed by atoms with van der Waals surface area (Å²) >= 11 is 0. The van der Waals surface area contributed by atoms with Crippen molar-refractivity contribution in [3.63, 3.8) is 0 Å². The SMILES string of the molecule is C=CN=C/C(=C\C)NC(C)C. The van der Waals surface area contributed by atoms with E-state index in [1.807, 2.05) is 13.0 Å². The van der Waals surface area contributed by atoms with E-state index in [0.717, 1.165) is 5.70 Å². The van der Waals surface area contributed by atoms with E-state index in [1.165, 1.54) is 6.20 Å². The maximum atomic E-state index is 3.90. The Morgan fingerprint density at radius 3 is 2.55 bits per heavy atom. The molecule has 0 amide bonds. The van der Waals surface area contributed by atoms with Crippen molar-refractivity contribution in [1.29, 1.82) is 0 Å². The van der Waals surface area contributed by atoms with Gasteiger partial charge in [-0.25, -0.2) is 0 Å². The average Bonchev–Trinajstić information content (AvgIpc) is 1.97. The first-order valence-corrected chi connectivity index (χ1v) is 3.77. The summed E-state index contributed by atoms with van der Waals surface area (Å²) in [5, 5.41) is 3.23. The highest BCUT2D eigenvalue weighted by Gasteiger charge is 1.92. The van der Waals surface area contributed by atoms with Gasteiger partial charge in [0, 0.05) is 24.2 Å². The minimum Gasteiger partial charge on any atom is -0.382 e. The van der Waals surface area contributed by atoms with Crippen molar-refractivity contribution in [2.75, 3.05) is 0 Å². The first-order valence-electron chi connectivity index (χ1n) is 3.77. The molecular formula is C9H16N2. The standard InChI is InChI=1S/C9H16N2/c1-5-9(7-10-6-2)11-8(3)4/h5-8,11H,2H2,1,3-4H3/b9-5+,10-7?. The molecule has 0 saturated carbocycles. The van der Waals surface area contributed by atoms with Gasteiger partial charge in [-0.15, -0.1) is 0 Å². The molecule has 62 valence electrons. The van der Waals surface area contributed by atoms with Crippen LogP contribution in [0.15, 0.2) is 29.5 Å². The molecule has 0 bridgehead atoms. The largest absolute Gasteiger partial charge is 0.382 e. The van der Waals surface area contributed by atoms with E-state index in [0.29, 0.717) is 6.04 Å². The molecule has 0 aliphatic rings. The van der Waals surface area contributed by atoms with Gasteiger partial charge in [0.2, 0.25) is 0 Å². The number of aliphatic imine (C=N–C) groups is 1. The first-order chi connectivity index (χ1) is 5.20. The third-order valence-corrected chi connectivity index (χ3v) is 1.09. The van der Waals surface area contributed by atoms with Crippen LogP contribution in [-0.4, -0.2) is 12.3 Å². The Balaban J connectivity index is 3.98. The molecule has 11 heavy (non-hydrogen) atoms. The van der Waals surface area contributed by atoms with Crippen molar-refractivity contribution in [3.8, 4) is 0 Å². The Bertz CT molecular complexity index is 166. The molecule has 0 radical (unpaired) electrons. The fraction of sp³-hybridized carbons (Fsp3) is 0.444. The number of allylic oxidation sites excluding steroid dienone is 2. The molecule has 1 N–H and O–H groups in total. The molecule has 0 aliphatic heterocycles. The summed E-state index contributed by atoms with van der Waals surface area (Å²) in [5.74, 6) is 0. The van der Waals surface area contributed by atoms with Crippen LogP contribution in [0.25, 0.3) is 0 Å². The van der Waals surface area contributed by atoms with Gasteiger partial charge in [0.25, 0.3) is 0 Å². The third kappa shape index (κ3) is 5.40. The topological polar surface area (TPSA) is 24.4 Å². The maximum absolute atomic E-state index is 3.90. The summed E-state index contributed by atoms with van der Waals surface area (Å²) in [6.45, 7) is 9.64. The molecule has 0 saturated heterocycles. The van der Waals surface area contributed by atoms with E-state index in [4.69, 9.17) is 0 Å². The Morgan fingerprint density at radius 2 is 2.18 bits per heavy atom. The van der Waals surface area contributed by atoms with Crippen LogP contribution < -0.4 is 5.32 Å². The molecule has 0 unspecified atom stereocenters. The highest BCUT2D eigenvalue weighted by molar-refractivity contribution is 5.78. The lowest BCUT2D eigenvalue weighted by molar-refractivity contribution is 0.688. The molecule has 0 atom stereocenters. The van der Waals surface area contributed by atoms with Crippen LogP contribution in [0, 0.1) is 0 Å². The molecular weight excluding hydrogens is 136 g/mol. The molecule has 0 aromatic rings. The van der Waals surface area contributed by atoms with Gasteiger partial charge in [-0.2, -0.15) is 0 Å². The van der Waals surface area contributed by atoms with Crippen molar-refractivity contribution < 1.29 is 0 Å². The minimum atomic E-state index is 0.442. The summed E-state index contributed by atoms with van der Waals surface area (Å²) in [6, 6.07) is 0.442. The molecule has 0 heterocycles. The van der Waals surface area contributed by atoms with E-state index in [2.05, 4.69) is 30.7 Å². The Kier molecular flexibility index (Phi) is 5.17. The summed E-state index contributed by atoms with van der Waals surface area (Å²) in [5.41, 5.74) is 1.03. The van der Waals surface area contributed by atoms with Crippen LogP contribution in [0.1, 0.15) is 20.8 Å². The first kappa shape index (κ1) is 9.95. The van der Waals surface area contributed by atoms with E-state index in [9.17, 15) is 0 Å². The van der Waals surface area contributed by atoms with Crippen LogP contribution in [0.2, 0.25) is 0 Å². The Hall–Kier alpha value is -1.05. The van der Waals surface area contributed by atoms with Crippen molar-refractivity contribution in [1.82, 2.24) is 5.32 Å². The van der Waals surface area contributed by atoms with Crippen molar-refractivity contribution in [2.24, 2.45) is 4.99 Å². The van der Waals surface area contributed by atoms with Crippen molar-refractivity contribution >= 4 is 6.21 Å². The normalized spacial score (nSPS) is 12.5. The average molecular weight is 152 g/mol. The minimum absolute atomic E-state index is 0.442. The van der Waals surface area contributed by atoms with Gasteiger partial charge in [0.1, 0.15) is 0 Å². The molecule has 0 aromatic carbocycles. The molecule has 2 nitrogen and oxygen atoms in total. The van der Waals surface area contributed by atoms with Crippen LogP contribution >= 0.6 is 0 Å². The van der Waals surface area contributed by atoms with Crippen LogP contribution in [-0.2, 0) is 0 Å². The van der Waals surface area contributed by atoms with E-state index >= 15 is 0 Å². The molecule has 0 aliphatic carbocycles. The quantitative estimate of drug-likeness (QED) is 0.613. The lowest BCUT2D eigenvalue weighted by Gasteiger charge is -2.08. The molecule has 0 aromatic heterocycles. The van der Waals surface area contributed by atoms with Gasteiger partial charge < -0.3 is 5.32 Å². The zero-order valence-corrected chi connectivity index (χ0v) is 7.46. The van der Waals surface area contributed by atoms with Crippen LogP contribution in [0.4, 0.5) is 0 Å². The summed E-state index contributed by atoms with van der Waals surface area (Å²) < 4.78 is 0. The van der Waals surface area contributed by atoms with Gasteiger partial charge in [0.05, 0.1) is 0 Å². The second-order valence-corrected chi connectivity index (χ2v) is 2.50. The second kappa shape index (κ2) is 5.71. The van der Waals surface area contributed by atoms with E-state index < -0.39 is 0 Å². The maximum Gasteiger partial charge on any atom is 0.0496 e. The second-order valence-electron chi connectivity index (χ2n) is 2.50. The smallest absolute Gasteiger partial charge is 0.0496 e. The van der Waals surface area contributed by atoms with Gasteiger partial charge in [0.15, 0.2) is 0 Å². The number of nitrogens with one attached hydrogen (secondary N) is 1. The van der Waals surface area contributed by atoms with Gasteiger partial charge in [-0.3, -0.25) is 4.99 Å². The number of nitrogens with zero attached hydrogens (tertiary/aromatic N) is 1. The summed E-state index contributed by atoms with van der Waals surface area (Å²) in [4.78, 5) is 3.90. The van der Waals surface area contributed by atoms with Crippen LogP contribution in [0.3, 0.4) is 0 Å². The fourth-order valence-electron chi connectivity index (χ4n) is 0.661. The Morgan fingerprint density at radius 1 is 1.55 bits per heavy atom. The van der Waals surface area contributed by atoms with Crippen molar-refractivity contribution in [2.45, 2.75) is 26.8 Å². The molecule has 0 spiro atoms. The zero-order chi connectivity index (χ0) is 8.69. The van der Waals surface area contributed by atoms with Crippen molar-refractivity contribution in [3.05, 3.63) is 24.6 Å². The fourth-order valence-corrected chi connectivity index (χ4v) is 0.661. The number of hydrogen-bond donors (Lipinski definition) is 1. The van der Waals surface area contributed by atoms with E-state index in [-0.39, 0.29) is 0 Å². The highest BCUT2D eigenvalue weighted by atomic mass is 14.9. The lowest BCUT2D eigenvalue weighted by Crippen LogP contribution is -2.22. The monoisotopic (exact) mass is 152 g/mol. The Labute approximate surface area is 68.7 Å². The predicted octanol–water partition coefficient (Wildman–Crippen LogP) is 2.10. The van der Waals surface area contributed by atoms with E-state index in [1.54, 1.807) is 6.21 Å². The summed E-state index contributed by atoms with van der Waals surface area (Å²) in [6.07, 6.45) is 5.26. The summed E-state index contributed by atoms with van der Waals surface area (Å²) in [7, 11) is 0. The third-order valence-electron chi connectivity index (χ3n) is 1.09. The zero-order valence-electron chi connectivity index (χ0n) is 7.46. The highest BCUT2D eigenvalue weighted by Crippen LogP contribution is 1.88. The van der Waals surface area contributed by atoms with Gasteiger partial charge in [-0.1, -0.05) is 12.7 Å². The van der Waals surface area contributed by atoms with Gasteiger partial charge >= 0.3 is 0 Å². The van der Waals surface area contributed by atoms with Gasteiger partial charge in [-0.05, 0) is 20.8 Å².